The van der Waals surface area contributed by atoms with Crippen LogP contribution in [0.4, 0.5) is 0 Å². The molecule has 0 amide bonds. The summed E-state index contributed by atoms with van der Waals surface area (Å²) in [6.07, 6.45) is 0.783. The van der Waals surface area contributed by atoms with Crippen molar-refractivity contribution in [3.63, 3.8) is 0 Å². The predicted molar refractivity (Wildman–Crippen MR) is 140 cm³/mol. The van der Waals surface area contributed by atoms with Gasteiger partial charge in [0.15, 0.2) is 6.29 Å². The van der Waals surface area contributed by atoms with E-state index in [-0.39, 0.29) is 37.2 Å². The largest absolute Gasteiger partial charge is 0.462 e. The molecule has 2 saturated heterocycles. The van der Waals surface area contributed by atoms with Gasteiger partial charge in [-0.05, 0) is 47.1 Å². The van der Waals surface area contributed by atoms with E-state index in [0.29, 0.717) is 6.42 Å². The zero-order valence-corrected chi connectivity index (χ0v) is 23.8. The maximum atomic E-state index is 13.1. The number of hydrogen-bond donors (Lipinski definition) is 2. The second-order valence-electron chi connectivity index (χ2n) is 11.1. The van der Waals surface area contributed by atoms with Crippen molar-refractivity contribution in [2.45, 2.75) is 109 Å². The topological polar surface area (TPSA) is 132 Å². The lowest BCUT2D eigenvalue weighted by molar-refractivity contribution is -0.238. The average molecular weight is 542 g/mol. The van der Waals surface area contributed by atoms with Crippen LogP contribution in [0.2, 0.25) is 0 Å². The van der Waals surface area contributed by atoms with Crippen molar-refractivity contribution >= 4 is 17.5 Å². The second-order valence-corrected chi connectivity index (χ2v) is 11.1. The first-order valence-corrected chi connectivity index (χ1v) is 13.6. The molecule has 0 spiro atoms. The smallest absolute Gasteiger partial charge is 0.316 e. The lowest BCUT2D eigenvalue weighted by atomic mass is 9.85. The highest BCUT2D eigenvalue weighted by atomic mass is 16.7. The molecular weight excluding hydrogens is 494 g/mol. The van der Waals surface area contributed by atoms with Gasteiger partial charge in [0, 0.05) is 44.9 Å². The fraction of sp³-hybridized carbons (Fsp3) is 0.821. The van der Waals surface area contributed by atoms with Gasteiger partial charge in [0.2, 0.25) is 0 Å². The quantitative estimate of drug-likeness (QED) is 0.280. The van der Waals surface area contributed by atoms with E-state index in [4.69, 9.17) is 18.9 Å². The molecule has 0 aromatic rings. The highest BCUT2D eigenvalue weighted by Crippen LogP contribution is 2.29. The summed E-state index contributed by atoms with van der Waals surface area (Å²) in [6.45, 7) is 10.3. The van der Waals surface area contributed by atoms with Crippen molar-refractivity contribution in [1.82, 2.24) is 4.90 Å². The van der Waals surface area contributed by atoms with Crippen molar-refractivity contribution < 1.29 is 43.5 Å². The normalized spacial score (nSPS) is 38.5. The third kappa shape index (κ3) is 8.93. The third-order valence-electron chi connectivity index (χ3n) is 7.85. The number of aliphatic hydroxyl groups is 2. The summed E-state index contributed by atoms with van der Waals surface area (Å²) in [4.78, 5) is 40.9. The van der Waals surface area contributed by atoms with Crippen LogP contribution in [0.5, 0.6) is 0 Å². The molecule has 38 heavy (non-hydrogen) atoms. The summed E-state index contributed by atoms with van der Waals surface area (Å²) in [7, 11) is 3.54. The van der Waals surface area contributed by atoms with Crippen LogP contribution in [-0.4, -0.2) is 102 Å². The number of rotatable bonds is 7. The highest BCUT2D eigenvalue weighted by Gasteiger charge is 2.41. The van der Waals surface area contributed by atoms with Crippen LogP contribution in [0.25, 0.3) is 0 Å². The first-order chi connectivity index (χ1) is 17.8. The number of cyclic esters (lactones) is 1. The van der Waals surface area contributed by atoms with Gasteiger partial charge in [0.05, 0.1) is 24.4 Å². The van der Waals surface area contributed by atoms with E-state index in [2.05, 4.69) is 18.5 Å². The summed E-state index contributed by atoms with van der Waals surface area (Å²) in [5, 5.41) is 21.3. The number of carbonyl (C=O) groups is 3. The van der Waals surface area contributed by atoms with Gasteiger partial charge in [-0.1, -0.05) is 13.0 Å². The van der Waals surface area contributed by atoms with Crippen LogP contribution in [0.15, 0.2) is 12.7 Å². The first-order valence-electron chi connectivity index (χ1n) is 13.6. The number of esters is 1. The number of nitrogens with zero attached hydrogens (tertiary/aromatic N) is 1. The Labute approximate surface area is 226 Å². The molecule has 2 rings (SSSR count). The molecule has 0 aliphatic carbocycles. The Balaban J connectivity index is 2.27. The molecule has 2 aliphatic heterocycles. The minimum Gasteiger partial charge on any atom is -0.462 e. The Morgan fingerprint density at radius 1 is 1.16 bits per heavy atom. The fourth-order valence-electron chi connectivity index (χ4n) is 5.08. The second kappa shape index (κ2) is 14.6. The van der Waals surface area contributed by atoms with Crippen molar-refractivity contribution in [2.75, 3.05) is 27.3 Å². The molecule has 2 aliphatic rings. The number of carbonyl (C=O) groups excluding carboxylic acids is 3. The zero-order chi connectivity index (χ0) is 28.6. The summed E-state index contributed by atoms with van der Waals surface area (Å²) >= 11 is 0. The summed E-state index contributed by atoms with van der Waals surface area (Å²) in [5.41, 5.74) is -1.85. The number of aliphatic hydroxyl groups excluding tert-OH is 1. The lowest BCUT2D eigenvalue weighted by Crippen LogP contribution is -2.50. The molecule has 2 N–H and O–H groups in total. The van der Waals surface area contributed by atoms with Gasteiger partial charge in [-0.25, -0.2) is 0 Å². The number of hydrogen-bond acceptors (Lipinski definition) is 10. The molecule has 0 unspecified atom stereocenters. The predicted octanol–water partition coefficient (Wildman–Crippen LogP) is 2.04. The molecule has 10 heteroatoms. The minimum atomic E-state index is -1.85. The Morgan fingerprint density at radius 3 is 2.47 bits per heavy atom. The molecule has 9 atom stereocenters. The number of Topliss-reactive ketones (excluding diaryl/α,β-unsaturated/α-hetero) is 2. The molecule has 218 valence electrons. The highest BCUT2D eigenvalue weighted by molar-refractivity contribution is 5.98. The van der Waals surface area contributed by atoms with Gasteiger partial charge in [-0.15, -0.1) is 6.58 Å². The Kier molecular flexibility index (Phi) is 12.5. The van der Waals surface area contributed by atoms with Gasteiger partial charge in [-0.2, -0.15) is 0 Å². The van der Waals surface area contributed by atoms with Crippen molar-refractivity contribution in [3.05, 3.63) is 12.7 Å². The van der Waals surface area contributed by atoms with Crippen LogP contribution >= 0.6 is 0 Å². The van der Waals surface area contributed by atoms with Gasteiger partial charge >= 0.3 is 5.97 Å². The Bertz CT molecular complexity index is 816. The molecule has 0 aromatic carbocycles. The van der Waals surface area contributed by atoms with Crippen molar-refractivity contribution in [3.8, 4) is 0 Å². The van der Waals surface area contributed by atoms with Crippen molar-refractivity contribution in [2.24, 2.45) is 11.8 Å². The number of ketones is 2. The maximum Gasteiger partial charge on any atom is 0.316 e. The zero-order valence-electron chi connectivity index (χ0n) is 23.8. The van der Waals surface area contributed by atoms with E-state index in [9.17, 15) is 24.6 Å². The molecule has 2 heterocycles. The minimum absolute atomic E-state index is 0.0467. The van der Waals surface area contributed by atoms with Gasteiger partial charge < -0.3 is 34.1 Å². The standard InChI is InChI=1S/C28H47NO9/c1-8-9-12-29(6)20-13-17(2)37-25(14-20)38-24-15-22(31)19(4)27(33)36-16-28(5,34)26(32)18(3)21(30)10-11-23(24)35-7/h8,17-20,23-26,32,34H,1,9-16H2,2-7H3/t17-,18+,19-,20+,23-,24-,25+,26-,28-/m1/s1. The SMILES string of the molecule is C=CCCN(C)[C@@H]1C[C@H](O[C@@H]2CC(=O)[C@@H](C)C(=O)OC[C@@](C)(O)[C@H](O)[C@@H](C)C(=O)CC[C@H]2OC)O[C@H](C)C1. The third-order valence-corrected chi connectivity index (χ3v) is 7.85. The van der Waals surface area contributed by atoms with Crippen LogP contribution in [-0.2, 0) is 33.3 Å². The Morgan fingerprint density at radius 2 is 1.84 bits per heavy atom. The Hall–Kier alpha value is -1.69. The lowest BCUT2D eigenvalue weighted by Gasteiger charge is -2.40. The van der Waals surface area contributed by atoms with E-state index in [1.54, 1.807) is 0 Å². The monoisotopic (exact) mass is 541 g/mol. The van der Waals surface area contributed by atoms with Crippen LogP contribution in [0.1, 0.15) is 66.2 Å². The summed E-state index contributed by atoms with van der Waals surface area (Å²) in [5.74, 6) is -3.54. The molecule has 10 nitrogen and oxygen atoms in total. The van der Waals surface area contributed by atoms with E-state index < -0.39 is 60.4 Å². The van der Waals surface area contributed by atoms with Crippen LogP contribution in [0.3, 0.4) is 0 Å². The van der Waals surface area contributed by atoms with Gasteiger partial charge in [-0.3, -0.25) is 14.4 Å². The molecule has 0 saturated carbocycles. The molecule has 0 aromatic heterocycles. The van der Waals surface area contributed by atoms with Crippen LogP contribution < -0.4 is 0 Å². The van der Waals surface area contributed by atoms with Crippen LogP contribution in [0, 0.1) is 11.8 Å². The average Bonchev–Trinajstić information content (AvgIpc) is 2.88. The fourth-order valence-corrected chi connectivity index (χ4v) is 5.08. The van der Waals surface area contributed by atoms with E-state index >= 15 is 0 Å². The summed E-state index contributed by atoms with van der Waals surface area (Å²) < 4.78 is 23.3. The van der Waals surface area contributed by atoms with Crippen molar-refractivity contribution in [1.29, 1.82) is 0 Å². The molecular formula is C28H47NO9. The van der Waals surface area contributed by atoms with E-state index in [1.165, 1.54) is 27.9 Å². The van der Waals surface area contributed by atoms with Gasteiger partial charge in [0.25, 0.3) is 0 Å². The van der Waals surface area contributed by atoms with E-state index in [1.807, 2.05) is 13.0 Å². The van der Waals surface area contributed by atoms with Gasteiger partial charge in [0.1, 0.15) is 29.7 Å². The maximum absolute atomic E-state index is 13.1. The number of methoxy groups -OCH3 is 1. The molecule has 2 fully saturated rings. The number of ether oxygens (including phenoxy) is 4. The summed E-state index contributed by atoms with van der Waals surface area (Å²) in [6, 6.07) is 0.213. The molecule has 0 bridgehead atoms. The van der Waals surface area contributed by atoms with E-state index in [0.717, 1.165) is 19.4 Å². The molecule has 0 radical (unpaired) electrons. The first kappa shape index (κ1) is 32.5.